The zero-order valence-electron chi connectivity index (χ0n) is 9.72. The average Bonchev–Trinajstić information content (AvgIpc) is 2.25. The van der Waals surface area contributed by atoms with Gasteiger partial charge >= 0.3 is 0 Å². The molecule has 1 saturated carbocycles. The summed E-state index contributed by atoms with van der Waals surface area (Å²) in [6, 6.07) is 0.696. The first-order valence-electron chi connectivity index (χ1n) is 6.18. The molecule has 1 atom stereocenters. The molecule has 1 unspecified atom stereocenters. The first-order chi connectivity index (χ1) is 6.83. The van der Waals surface area contributed by atoms with Gasteiger partial charge in [0.05, 0.1) is 0 Å². The third-order valence-electron chi connectivity index (χ3n) is 2.88. The van der Waals surface area contributed by atoms with Gasteiger partial charge in [-0.1, -0.05) is 26.2 Å². The van der Waals surface area contributed by atoms with E-state index in [9.17, 15) is 0 Å². The van der Waals surface area contributed by atoms with Gasteiger partial charge < -0.3 is 5.32 Å². The lowest BCUT2D eigenvalue weighted by molar-refractivity contribution is 0.514. The normalized spacial score (nSPS) is 21.0. The zero-order chi connectivity index (χ0) is 10.2. The van der Waals surface area contributed by atoms with E-state index in [1.807, 2.05) is 0 Å². The number of nitrogens with one attached hydrogen (secondary N) is 1. The maximum Gasteiger partial charge on any atom is 0.0130 e. The summed E-state index contributed by atoms with van der Waals surface area (Å²) in [5, 5.41) is 4.52. The van der Waals surface area contributed by atoms with Gasteiger partial charge in [-0.15, -0.1) is 0 Å². The molecule has 1 rings (SSSR count). The number of rotatable bonds is 6. The summed E-state index contributed by atoms with van der Waals surface area (Å²) in [4.78, 5) is 0. The maximum atomic E-state index is 3.55. The Morgan fingerprint density at radius 1 is 1.29 bits per heavy atom. The fraction of sp³-hybridized carbons (Fsp3) is 1.00. The Morgan fingerprint density at radius 2 is 2.00 bits per heavy atom. The van der Waals surface area contributed by atoms with Crippen molar-refractivity contribution in [2.45, 2.75) is 63.7 Å². The van der Waals surface area contributed by atoms with Crippen LogP contribution in [0.2, 0.25) is 0 Å². The zero-order valence-corrected chi connectivity index (χ0v) is 10.5. The highest BCUT2D eigenvalue weighted by Crippen LogP contribution is 2.28. The number of hydrogen-bond donors (Lipinski definition) is 1. The molecule has 0 radical (unpaired) electrons. The van der Waals surface area contributed by atoms with Crippen LogP contribution in [0.25, 0.3) is 0 Å². The molecule has 0 spiro atoms. The predicted octanol–water partition coefficient (Wildman–Crippen LogP) is 3.44. The van der Waals surface area contributed by atoms with E-state index in [0.29, 0.717) is 6.04 Å². The van der Waals surface area contributed by atoms with Gasteiger partial charge in [-0.2, -0.15) is 11.8 Å². The molecule has 1 aliphatic carbocycles. The van der Waals surface area contributed by atoms with Crippen LogP contribution in [0, 0.1) is 0 Å². The van der Waals surface area contributed by atoms with Gasteiger partial charge in [-0.25, -0.2) is 0 Å². The van der Waals surface area contributed by atoms with Crippen LogP contribution in [0.5, 0.6) is 0 Å². The lowest BCUT2D eigenvalue weighted by Crippen LogP contribution is -2.29. The van der Waals surface area contributed by atoms with Gasteiger partial charge in [-0.05, 0) is 32.7 Å². The maximum absolute atomic E-state index is 3.55. The molecule has 0 saturated heterocycles. The lowest BCUT2D eigenvalue weighted by Gasteiger charge is -2.22. The Balaban J connectivity index is 2.00. The van der Waals surface area contributed by atoms with Gasteiger partial charge in [0, 0.05) is 17.0 Å². The molecule has 1 nitrogen and oxygen atoms in total. The molecule has 1 fully saturated rings. The Kier molecular flexibility index (Phi) is 6.70. The van der Waals surface area contributed by atoms with Crippen molar-refractivity contribution in [1.82, 2.24) is 5.32 Å². The van der Waals surface area contributed by atoms with Crippen LogP contribution in [0.3, 0.4) is 0 Å². The molecule has 14 heavy (non-hydrogen) atoms. The minimum atomic E-state index is 0.696. The molecule has 84 valence electrons. The van der Waals surface area contributed by atoms with Gasteiger partial charge in [0.2, 0.25) is 0 Å². The van der Waals surface area contributed by atoms with Crippen LogP contribution in [-0.4, -0.2) is 23.6 Å². The molecule has 0 aliphatic heterocycles. The summed E-state index contributed by atoms with van der Waals surface area (Å²) in [5.74, 6) is 1.30. The summed E-state index contributed by atoms with van der Waals surface area (Å²) in [7, 11) is 0. The third-order valence-corrected chi connectivity index (χ3v) is 4.51. The van der Waals surface area contributed by atoms with Gasteiger partial charge in [-0.3, -0.25) is 0 Å². The quantitative estimate of drug-likeness (QED) is 0.728. The number of hydrogen-bond acceptors (Lipinski definition) is 2. The lowest BCUT2D eigenvalue weighted by atomic mass is 10.0. The van der Waals surface area contributed by atoms with Crippen molar-refractivity contribution in [3.8, 4) is 0 Å². The van der Waals surface area contributed by atoms with Gasteiger partial charge in [0.15, 0.2) is 0 Å². The van der Waals surface area contributed by atoms with Crippen molar-refractivity contribution >= 4 is 11.8 Å². The molecule has 0 amide bonds. The molecular weight excluding hydrogens is 190 g/mol. The summed E-state index contributed by atoms with van der Waals surface area (Å²) >= 11 is 2.19. The molecule has 1 aliphatic rings. The SMILES string of the molecule is CCCNC(C)CSC1CCCCC1. The van der Waals surface area contributed by atoms with E-state index in [2.05, 4.69) is 30.9 Å². The van der Waals surface area contributed by atoms with E-state index in [1.165, 1.54) is 50.8 Å². The highest BCUT2D eigenvalue weighted by molar-refractivity contribution is 7.99. The van der Waals surface area contributed by atoms with Crippen molar-refractivity contribution in [2.24, 2.45) is 0 Å². The summed E-state index contributed by atoms with van der Waals surface area (Å²) < 4.78 is 0. The van der Waals surface area contributed by atoms with Crippen molar-refractivity contribution in [1.29, 1.82) is 0 Å². The van der Waals surface area contributed by atoms with E-state index < -0.39 is 0 Å². The molecule has 0 bridgehead atoms. The average molecular weight is 215 g/mol. The fourth-order valence-corrected chi connectivity index (χ4v) is 3.31. The van der Waals surface area contributed by atoms with Crippen molar-refractivity contribution in [3.63, 3.8) is 0 Å². The highest BCUT2D eigenvalue weighted by atomic mass is 32.2. The third kappa shape index (κ3) is 5.26. The van der Waals surface area contributed by atoms with Crippen LogP contribution >= 0.6 is 11.8 Å². The Morgan fingerprint density at radius 3 is 2.64 bits per heavy atom. The smallest absolute Gasteiger partial charge is 0.0130 e. The standard InChI is InChI=1S/C12H25NS/c1-3-9-13-11(2)10-14-12-7-5-4-6-8-12/h11-13H,3-10H2,1-2H3. The minimum Gasteiger partial charge on any atom is -0.313 e. The van der Waals surface area contributed by atoms with Crippen molar-refractivity contribution in [2.75, 3.05) is 12.3 Å². The van der Waals surface area contributed by atoms with Crippen molar-refractivity contribution in [3.05, 3.63) is 0 Å². The highest BCUT2D eigenvalue weighted by Gasteiger charge is 2.14. The van der Waals surface area contributed by atoms with Crippen LogP contribution in [0.1, 0.15) is 52.4 Å². The molecule has 0 aromatic carbocycles. The topological polar surface area (TPSA) is 12.0 Å². The monoisotopic (exact) mass is 215 g/mol. The Bertz CT molecular complexity index is 132. The van der Waals surface area contributed by atoms with E-state index in [1.54, 1.807) is 0 Å². The Labute approximate surface area is 93.4 Å². The van der Waals surface area contributed by atoms with Gasteiger partial charge in [0.1, 0.15) is 0 Å². The fourth-order valence-electron chi connectivity index (χ4n) is 1.96. The van der Waals surface area contributed by atoms with E-state index in [-0.39, 0.29) is 0 Å². The summed E-state index contributed by atoms with van der Waals surface area (Å²) in [6.45, 7) is 5.71. The number of thioether (sulfide) groups is 1. The van der Waals surface area contributed by atoms with E-state index in [0.717, 1.165) is 5.25 Å². The molecule has 2 heteroatoms. The van der Waals surface area contributed by atoms with E-state index >= 15 is 0 Å². The largest absolute Gasteiger partial charge is 0.313 e. The molecular formula is C12H25NS. The first-order valence-corrected chi connectivity index (χ1v) is 7.22. The van der Waals surface area contributed by atoms with Crippen LogP contribution in [0.4, 0.5) is 0 Å². The predicted molar refractivity (Wildman–Crippen MR) is 67.1 cm³/mol. The second-order valence-electron chi connectivity index (χ2n) is 4.45. The second-order valence-corrected chi connectivity index (χ2v) is 5.78. The minimum absolute atomic E-state index is 0.696. The summed E-state index contributed by atoms with van der Waals surface area (Å²) in [6.07, 6.45) is 8.58. The first kappa shape index (κ1) is 12.4. The van der Waals surface area contributed by atoms with Crippen LogP contribution < -0.4 is 5.32 Å². The van der Waals surface area contributed by atoms with Crippen LogP contribution in [0.15, 0.2) is 0 Å². The molecule has 0 aromatic heterocycles. The summed E-state index contributed by atoms with van der Waals surface area (Å²) in [5.41, 5.74) is 0. The second kappa shape index (κ2) is 7.58. The molecule has 0 heterocycles. The van der Waals surface area contributed by atoms with E-state index in [4.69, 9.17) is 0 Å². The van der Waals surface area contributed by atoms with Crippen LogP contribution in [-0.2, 0) is 0 Å². The van der Waals surface area contributed by atoms with Crippen molar-refractivity contribution < 1.29 is 0 Å². The molecule has 0 aromatic rings. The Hall–Kier alpha value is 0.310. The van der Waals surface area contributed by atoms with Gasteiger partial charge in [0.25, 0.3) is 0 Å². The molecule has 1 N–H and O–H groups in total.